The van der Waals surface area contributed by atoms with Crippen molar-refractivity contribution in [3.8, 4) is 0 Å². The van der Waals surface area contributed by atoms with Gasteiger partial charge in [0.2, 0.25) is 0 Å². The summed E-state index contributed by atoms with van der Waals surface area (Å²) < 4.78 is 10.4. The second-order valence-corrected chi connectivity index (χ2v) is 4.96. The summed E-state index contributed by atoms with van der Waals surface area (Å²) in [7, 11) is 0. The Balaban J connectivity index is 1.76. The van der Waals surface area contributed by atoms with Crippen molar-refractivity contribution < 1.29 is 24.2 Å². The zero-order valence-electron chi connectivity index (χ0n) is 10.1. The van der Waals surface area contributed by atoms with Gasteiger partial charge in [0, 0.05) is 18.5 Å². The molecular formula is C12H17NO5. The van der Waals surface area contributed by atoms with Crippen molar-refractivity contribution in [1.82, 2.24) is 4.90 Å². The number of carbonyl (C=O) groups excluding carboxylic acids is 1. The number of likely N-dealkylation sites (tertiary alicyclic amines) is 1. The van der Waals surface area contributed by atoms with Crippen LogP contribution >= 0.6 is 0 Å². The lowest BCUT2D eigenvalue weighted by Gasteiger charge is -2.46. The van der Waals surface area contributed by atoms with Gasteiger partial charge in [-0.05, 0) is 6.42 Å². The molecule has 2 aliphatic heterocycles. The number of amides is 1. The average Bonchev–Trinajstić information content (AvgIpc) is 2.67. The van der Waals surface area contributed by atoms with Crippen LogP contribution in [-0.2, 0) is 14.3 Å². The van der Waals surface area contributed by atoms with Crippen LogP contribution in [0, 0.1) is 5.41 Å². The van der Waals surface area contributed by atoms with Crippen molar-refractivity contribution in [2.24, 2.45) is 5.41 Å². The summed E-state index contributed by atoms with van der Waals surface area (Å²) in [4.78, 5) is 23.7. The summed E-state index contributed by atoms with van der Waals surface area (Å²) >= 11 is 0. The molecule has 1 unspecified atom stereocenters. The highest BCUT2D eigenvalue weighted by Gasteiger charge is 2.51. The van der Waals surface area contributed by atoms with E-state index in [0.717, 1.165) is 0 Å². The number of nitrogens with zero attached hydrogens (tertiary/aromatic N) is 1. The number of ether oxygens (including phenoxy) is 2. The summed E-state index contributed by atoms with van der Waals surface area (Å²) in [6, 6.07) is 0. The number of carbonyl (C=O) groups is 2. The van der Waals surface area contributed by atoms with Crippen LogP contribution in [0.1, 0.15) is 12.8 Å². The molecule has 1 amide bonds. The molecule has 1 N–H and O–H groups in total. The normalized spacial score (nSPS) is 24.7. The largest absolute Gasteiger partial charge is 0.481 e. The van der Waals surface area contributed by atoms with Crippen LogP contribution in [0.15, 0.2) is 12.7 Å². The standard InChI is InChI=1S/C12H17NO5/c1-2-3-17-11(16)13-6-12(7-13)5-9(18-8-12)4-10(14)15/h2,9H,1,3-8H2,(H,14,15). The molecule has 100 valence electrons. The third kappa shape index (κ3) is 2.64. The highest BCUT2D eigenvalue weighted by Crippen LogP contribution is 2.42. The predicted octanol–water partition coefficient (Wildman–Crippen LogP) is 0.875. The Morgan fingerprint density at radius 2 is 2.28 bits per heavy atom. The van der Waals surface area contributed by atoms with Crippen LogP contribution in [0.25, 0.3) is 0 Å². The Morgan fingerprint density at radius 3 is 2.89 bits per heavy atom. The molecule has 0 aromatic heterocycles. The maximum atomic E-state index is 11.5. The molecule has 2 aliphatic rings. The van der Waals surface area contributed by atoms with Gasteiger partial charge in [-0.15, -0.1) is 0 Å². The van der Waals surface area contributed by atoms with Crippen molar-refractivity contribution in [3.63, 3.8) is 0 Å². The van der Waals surface area contributed by atoms with E-state index >= 15 is 0 Å². The predicted molar refractivity (Wildman–Crippen MR) is 62.2 cm³/mol. The summed E-state index contributed by atoms with van der Waals surface area (Å²) in [6.07, 6.45) is 1.68. The van der Waals surface area contributed by atoms with Crippen LogP contribution in [0.5, 0.6) is 0 Å². The first-order valence-corrected chi connectivity index (χ1v) is 5.91. The van der Waals surface area contributed by atoms with Crippen molar-refractivity contribution in [3.05, 3.63) is 12.7 Å². The van der Waals surface area contributed by atoms with Crippen LogP contribution in [0.4, 0.5) is 4.79 Å². The van der Waals surface area contributed by atoms with Crippen LogP contribution < -0.4 is 0 Å². The first-order chi connectivity index (χ1) is 8.54. The Morgan fingerprint density at radius 1 is 1.56 bits per heavy atom. The fraction of sp³-hybridized carbons (Fsp3) is 0.667. The van der Waals surface area contributed by atoms with Gasteiger partial charge >= 0.3 is 12.1 Å². The first kappa shape index (κ1) is 12.9. The second-order valence-electron chi connectivity index (χ2n) is 4.96. The van der Waals surface area contributed by atoms with E-state index < -0.39 is 5.97 Å². The molecule has 0 radical (unpaired) electrons. The lowest BCUT2D eigenvalue weighted by molar-refractivity contribution is -0.139. The minimum atomic E-state index is -0.848. The third-order valence-corrected chi connectivity index (χ3v) is 3.32. The van der Waals surface area contributed by atoms with Gasteiger partial charge < -0.3 is 19.5 Å². The molecule has 1 atom stereocenters. The third-order valence-electron chi connectivity index (χ3n) is 3.32. The molecule has 0 aromatic carbocycles. The molecule has 2 saturated heterocycles. The second kappa shape index (κ2) is 4.97. The number of hydrogen-bond donors (Lipinski definition) is 1. The number of carboxylic acid groups (broad SMARTS) is 1. The number of carboxylic acids is 1. The van der Waals surface area contributed by atoms with Crippen LogP contribution in [0.2, 0.25) is 0 Å². The quantitative estimate of drug-likeness (QED) is 0.754. The molecule has 2 fully saturated rings. The number of aliphatic carboxylic acids is 1. The Kier molecular flexibility index (Phi) is 3.56. The first-order valence-electron chi connectivity index (χ1n) is 5.91. The molecule has 1 spiro atoms. The lowest BCUT2D eigenvalue weighted by Crippen LogP contribution is -2.59. The van der Waals surface area contributed by atoms with E-state index in [1.54, 1.807) is 4.90 Å². The maximum absolute atomic E-state index is 11.5. The van der Waals surface area contributed by atoms with E-state index in [4.69, 9.17) is 14.6 Å². The summed E-state index contributed by atoms with van der Waals surface area (Å²) in [5.74, 6) is -0.848. The van der Waals surface area contributed by atoms with Crippen LogP contribution in [0.3, 0.4) is 0 Å². The highest BCUT2D eigenvalue weighted by molar-refractivity contribution is 5.69. The van der Waals surface area contributed by atoms with Gasteiger partial charge in [-0.1, -0.05) is 12.7 Å². The van der Waals surface area contributed by atoms with Gasteiger partial charge in [0.1, 0.15) is 6.61 Å². The van der Waals surface area contributed by atoms with Gasteiger partial charge in [-0.2, -0.15) is 0 Å². The molecule has 18 heavy (non-hydrogen) atoms. The minimum absolute atomic E-state index is 0.0304. The maximum Gasteiger partial charge on any atom is 0.410 e. The van der Waals surface area contributed by atoms with Gasteiger partial charge in [0.15, 0.2) is 0 Å². The molecule has 2 rings (SSSR count). The molecule has 0 aliphatic carbocycles. The van der Waals surface area contributed by atoms with Gasteiger partial charge in [-0.3, -0.25) is 4.79 Å². The highest BCUT2D eigenvalue weighted by atomic mass is 16.6. The summed E-state index contributed by atoms with van der Waals surface area (Å²) in [6.45, 7) is 5.37. The fourth-order valence-corrected chi connectivity index (χ4v) is 2.56. The molecule has 6 heteroatoms. The van der Waals surface area contributed by atoms with Gasteiger partial charge in [0.05, 0.1) is 19.1 Å². The molecule has 0 saturated carbocycles. The van der Waals surface area contributed by atoms with E-state index in [-0.39, 0.29) is 30.6 Å². The lowest BCUT2D eigenvalue weighted by atomic mass is 9.78. The summed E-state index contributed by atoms with van der Waals surface area (Å²) in [5, 5.41) is 8.70. The van der Waals surface area contributed by atoms with Crippen molar-refractivity contribution >= 4 is 12.1 Å². The number of hydrogen-bond acceptors (Lipinski definition) is 4. The monoisotopic (exact) mass is 255 g/mol. The molecule has 6 nitrogen and oxygen atoms in total. The Labute approximate surface area is 105 Å². The van der Waals surface area contributed by atoms with E-state index in [0.29, 0.717) is 26.1 Å². The van der Waals surface area contributed by atoms with Gasteiger partial charge in [-0.25, -0.2) is 4.79 Å². The Hall–Kier alpha value is -1.56. The number of rotatable bonds is 4. The van der Waals surface area contributed by atoms with Crippen LogP contribution in [-0.4, -0.2) is 54.5 Å². The van der Waals surface area contributed by atoms with E-state index in [2.05, 4.69) is 6.58 Å². The molecule has 0 aromatic rings. The SMILES string of the molecule is C=CCOC(=O)N1CC2(COC(CC(=O)O)C2)C1. The van der Waals surface area contributed by atoms with Crippen molar-refractivity contribution in [2.75, 3.05) is 26.3 Å². The van der Waals surface area contributed by atoms with E-state index in [1.165, 1.54) is 6.08 Å². The Bertz CT molecular complexity index is 361. The molecule has 2 heterocycles. The van der Waals surface area contributed by atoms with Gasteiger partial charge in [0.25, 0.3) is 0 Å². The summed E-state index contributed by atoms with van der Waals surface area (Å²) in [5.41, 5.74) is -0.0622. The fourth-order valence-electron chi connectivity index (χ4n) is 2.56. The smallest absolute Gasteiger partial charge is 0.410 e. The van der Waals surface area contributed by atoms with Crippen molar-refractivity contribution in [2.45, 2.75) is 18.9 Å². The van der Waals surface area contributed by atoms with Crippen molar-refractivity contribution in [1.29, 1.82) is 0 Å². The van der Waals surface area contributed by atoms with E-state index in [1.807, 2.05) is 0 Å². The molecule has 0 bridgehead atoms. The molecular weight excluding hydrogens is 238 g/mol. The zero-order chi connectivity index (χ0) is 13.2. The van der Waals surface area contributed by atoms with E-state index in [9.17, 15) is 9.59 Å². The zero-order valence-corrected chi connectivity index (χ0v) is 10.1. The topological polar surface area (TPSA) is 76.1 Å². The average molecular weight is 255 g/mol. The minimum Gasteiger partial charge on any atom is -0.481 e.